The van der Waals surface area contributed by atoms with Gasteiger partial charge in [-0.25, -0.2) is 4.39 Å². The van der Waals surface area contributed by atoms with Crippen LogP contribution in [0.15, 0.2) is 47.9 Å². The molecule has 2 fully saturated rings. The van der Waals surface area contributed by atoms with Crippen molar-refractivity contribution < 1.29 is 14.0 Å². The van der Waals surface area contributed by atoms with Crippen LogP contribution in [0.2, 0.25) is 0 Å². The molecule has 1 saturated carbocycles. The number of Topliss-reactive ketones (excluding diaryl/α,β-unsaturated/α-hetero) is 1. The van der Waals surface area contributed by atoms with Gasteiger partial charge < -0.3 is 26.2 Å². The third-order valence-electron chi connectivity index (χ3n) is 7.93. The number of allylic oxidation sites excluding steroid dienone is 2. The predicted octanol–water partition coefficient (Wildman–Crippen LogP) is 3.06. The van der Waals surface area contributed by atoms with E-state index in [0.29, 0.717) is 19.0 Å². The second-order valence-electron chi connectivity index (χ2n) is 10.8. The number of hydrogen-bond acceptors (Lipinski definition) is 6. The third kappa shape index (κ3) is 5.96. The minimum absolute atomic E-state index is 0.0299. The van der Waals surface area contributed by atoms with E-state index in [-0.39, 0.29) is 35.5 Å². The summed E-state index contributed by atoms with van der Waals surface area (Å²) in [7, 11) is 3.68. The Morgan fingerprint density at radius 3 is 2.73 bits per heavy atom. The van der Waals surface area contributed by atoms with Crippen molar-refractivity contribution in [2.24, 2.45) is 11.3 Å². The molecule has 0 bridgehead atoms. The Bertz CT molecular complexity index is 1140. The molecule has 3 aliphatic rings. The number of likely N-dealkylation sites (tertiary alicyclic amines) is 1. The summed E-state index contributed by atoms with van der Waals surface area (Å²) in [5.41, 5.74) is 3.89. The number of ketones is 1. The number of carbonyl (C=O) groups excluding carboxylic acids is 2. The largest absolute Gasteiger partial charge is 0.394 e. The van der Waals surface area contributed by atoms with Gasteiger partial charge in [0, 0.05) is 43.8 Å². The fraction of sp³-hybridized carbons (Fsp3) is 0.517. The first-order valence-corrected chi connectivity index (χ1v) is 13.2. The molecule has 0 radical (unpaired) electrons. The van der Waals surface area contributed by atoms with Crippen LogP contribution in [0.5, 0.6) is 0 Å². The number of benzene rings is 1. The molecule has 2 heterocycles. The van der Waals surface area contributed by atoms with Gasteiger partial charge in [-0.05, 0) is 93.1 Å². The van der Waals surface area contributed by atoms with E-state index in [1.54, 1.807) is 0 Å². The summed E-state index contributed by atoms with van der Waals surface area (Å²) in [6, 6.07) is 4.47. The maximum atomic E-state index is 14.4. The number of amides is 1. The van der Waals surface area contributed by atoms with Crippen LogP contribution in [-0.2, 0) is 16.1 Å². The number of hydrogen-bond donors (Lipinski definition) is 4. The van der Waals surface area contributed by atoms with E-state index in [9.17, 15) is 14.0 Å². The third-order valence-corrected chi connectivity index (χ3v) is 7.93. The molecule has 4 N–H and O–H groups in total. The van der Waals surface area contributed by atoms with Crippen LogP contribution in [0, 0.1) is 17.2 Å². The van der Waals surface area contributed by atoms with Crippen molar-refractivity contribution in [1.82, 2.24) is 26.2 Å². The standard InChI is InChI=1S/C29H40FN5O2/c1-18-10-24(35-9-8-29(3,28(35)37)22-6-7-22)14-26(34-18)27(36)17-33-15-20-11-21(13-23(30)12-20)25(16-31-4)19(2)32-5/h10-14,16,19,22,26,31-34H,6-9,15,17H2,1-5H3/b25-16+/t19?,26?,29-/m0/s1. The molecule has 7 nitrogen and oxygen atoms in total. The minimum atomic E-state index is -0.516. The number of rotatable bonds is 11. The number of dihydropyridines is 1. The van der Waals surface area contributed by atoms with E-state index in [4.69, 9.17) is 0 Å². The van der Waals surface area contributed by atoms with Gasteiger partial charge in [-0.1, -0.05) is 6.92 Å². The molecule has 4 rings (SSSR count). The Hall–Kier alpha value is -2.97. The van der Waals surface area contributed by atoms with Crippen molar-refractivity contribution >= 4 is 17.3 Å². The average Bonchev–Trinajstić information content (AvgIpc) is 3.68. The Morgan fingerprint density at radius 1 is 1.30 bits per heavy atom. The van der Waals surface area contributed by atoms with Gasteiger partial charge in [-0.2, -0.15) is 0 Å². The van der Waals surface area contributed by atoms with Gasteiger partial charge in [0.1, 0.15) is 11.9 Å². The fourth-order valence-corrected chi connectivity index (χ4v) is 5.45. The molecule has 3 atom stereocenters. The number of nitrogens with one attached hydrogen (secondary N) is 4. The van der Waals surface area contributed by atoms with Gasteiger partial charge in [0.15, 0.2) is 5.78 Å². The van der Waals surface area contributed by atoms with Crippen molar-refractivity contribution in [3.05, 3.63) is 64.9 Å². The molecule has 8 heteroatoms. The number of halogens is 1. The highest BCUT2D eigenvalue weighted by Gasteiger charge is 2.52. The summed E-state index contributed by atoms with van der Waals surface area (Å²) in [6.07, 6.45) is 8.80. The molecule has 0 aromatic heterocycles. The van der Waals surface area contributed by atoms with Crippen molar-refractivity contribution in [2.45, 2.75) is 58.7 Å². The zero-order valence-corrected chi connectivity index (χ0v) is 22.6. The molecule has 1 saturated heterocycles. The summed E-state index contributed by atoms with van der Waals surface area (Å²) in [6.45, 7) is 7.20. The van der Waals surface area contributed by atoms with Crippen LogP contribution in [0.1, 0.15) is 51.2 Å². The maximum Gasteiger partial charge on any atom is 0.233 e. The first kappa shape index (κ1) is 27.1. The Balaban J connectivity index is 1.39. The summed E-state index contributed by atoms with van der Waals surface area (Å²) >= 11 is 0. The van der Waals surface area contributed by atoms with E-state index < -0.39 is 6.04 Å². The van der Waals surface area contributed by atoms with Crippen molar-refractivity contribution in [1.29, 1.82) is 0 Å². The van der Waals surface area contributed by atoms with Gasteiger partial charge in [-0.15, -0.1) is 0 Å². The summed E-state index contributed by atoms with van der Waals surface area (Å²) < 4.78 is 14.4. The zero-order chi connectivity index (χ0) is 26.7. The lowest BCUT2D eigenvalue weighted by atomic mass is 9.83. The van der Waals surface area contributed by atoms with Crippen molar-refractivity contribution in [3.63, 3.8) is 0 Å². The van der Waals surface area contributed by atoms with Crippen LogP contribution in [0.4, 0.5) is 4.39 Å². The molecular weight excluding hydrogens is 469 g/mol. The lowest BCUT2D eigenvalue weighted by molar-refractivity contribution is -0.134. The van der Waals surface area contributed by atoms with Crippen LogP contribution in [0.25, 0.3) is 5.57 Å². The molecule has 1 aromatic rings. The number of carbonyl (C=O) groups is 2. The normalized spacial score (nSPS) is 24.9. The second kappa shape index (κ2) is 11.2. The quantitative estimate of drug-likeness (QED) is 0.367. The van der Waals surface area contributed by atoms with Crippen LogP contribution < -0.4 is 21.3 Å². The Kier molecular flexibility index (Phi) is 8.19. The van der Waals surface area contributed by atoms with Gasteiger partial charge >= 0.3 is 0 Å². The topological polar surface area (TPSA) is 85.5 Å². The first-order valence-electron chi connectivity index (χ1n) is 13.2. The van der Waals surface area contributed by atoms with Gasteiger partial charge in [0.2, 0.25) is 5.91 Å². The van der Waals surface area contributed by atoms with Crippen molar-refractivity contribution in [2.75, 3.05) is 27.2 Å². The molecule has 1 aromatic carbocycles. The molecule has 0 spiro atoms. The lowest BCUT2D eigenvalue weighted by Crippen LogP contribution is -2.43. The SMILES string of the molecule is CN/C=C(/c1cc(F)cc(CNCC(=O)C2C=C(N3CC[C@@](C)(C4CC4)C3=O)C=C(C)N2)c1)C(C)NC. The second-order valence-corrected chi connectivity index (χ2v) is 10.8. The van der Waals surface area contributed by atoms with E-state index in [1.165, 1.54) is 12.1 Å². The van der Waals surface area contributed by atoms with Gasteiger partial charge in [0.25, 0.3) is 0 Å². The minimum Gasteiger partial charge on any atom is -0.394 e. The number of likely N-dealkylation sites (N-methyl/N-ethyl adjacent to an activating group) is 1. The molecule has 2 aliphatic heterocycles. The van der Waals surface area contributed by atoms with Crippen LogP contribution in [-0.4, -0.2) is 55.9 Å². The fourth-order valence-electron chi connectivity index (χ4n) is 5.45. The first-order chi connectivity index (χ1) is 17.7. The average molecular weight is 510 g/mol. The van der Waals surface area contributed by atoms with Crippen LogP contribution >= 0.6 is 0 Å². The lowest BCUT2D eigenvalue weighted by Gasteiger charge is -2.28. The monoisotopic (exact) mass is 509 g/mol. The zero-order valence-electron chi connectivity index (χ0n) is 22.6. The molecule has 1 amide bonds. The summed E-state index contributed by atoms with van der Waals surface area (Å²) in [5, 5.41) is 12.6. The Morgan fingerprint density at radius 2 is 2.05 bits per heavy atom. The highest BCUT2D eigenvalue weighted by molar-refractivity contribution is 5.90. The highest BCUT2D eigenvalue weighted by atomic mass is 19.1. The predicted molar refractivity (Wildman–Crippen MR) is 145 cm³/mol. The Labute approximate surface area is 219 Å². The highest BCUT2D eigenvalue weighted by Crippen LogP contribution is 2.52. The summed E-state index contributed by atoms with van der Waals surface area (Å²) in [5.74, 6) is 0.325. The van der Waals surface area contributed by atoms with Gasteiger partial charge in [-0.3, -0.25) is 9.59 Å². The van der Waals surface area contributed by atoms with E-state index in [2.05, 4.69) is 28.2 Å². The van der Waals surface area contributed by atoms with E-state index in [0.717, 1.165) is 47.4 Å². The summed E-state index contributed by atoms with van der Waals surface area (Å²) in [4.78, 5) is 28.2. The molecule has 2 unspecified atom stereocenters. The smallest absolute Gasteiger partial charge is 0.233 e. The van der Waals surface area contributed by atoms with Crippen molar-refractivity contribution in [3.8, 4) is 0 Å². The molecule has 200 valence electrons. The number of nitrogens with zero attached hydrogens (tertiary/aromatic N) is 1. The van der Waals surface area contributed by atoms with E-state index in [1.807, 2.05) is 57.3 Å². The maximum absolute atomic E-state index is 14.4. The van der Waals surface area contributed by atoms with Gasteiger partial charge in [0.05, 0.1) is 12.0 Å². The molecule has 1 aliphatic carbocycles. The van der Waals surface area contributed by atoms with Crippen LogP contribution in [0.3, 0.4) is 0 Å². The molecular formula is C29H40FN5O2. The molecule has 37 heavy (non-hydrogen) atoms. The van der Waals surface area contributed by atoms with E-state index >= 15 is 0 Å².